The van der Waals surface area contributed by atoms with Gasteiger partial charge in [-0.3, -0.25) is 10.2 Å². The lowest BCUT2D eigenvalue weighted by molar-refractivity contribution is 0.0932. The minimum absolute atomic E-state index is 0.0657. The summed E-state index contributed by atoms with van der Waals surface area (Å²) >= 11 is 0. The lowest BCUT2D eigenvalue weighted by atomic mass is 10.1. The number of terminal acetylenes is 1. The molecule has 1 aliphatic rings. The Hall–Kier alpha value is -1.92. The van der Waals surface area contributed by atoms with Crippen molar-refractivity contribution in [3.8, 4) is 12.3 Å². The van der Waals surface area contributed by atoms with Gasteiger partial charge in [-0.25, -0.2) is 13.8 Å². The van der Waals surface area contributed by atoms with Gasteiger partial charge in [-0.2, -0.15) is 4.72 Å². The highest BCUT2D eigenvalue weighted by Crippen LogP contribution is 2.11. The number of amides is 1. The maximum atomic E-state index is 12.2. The molecule has 0 spiro atoms. The molecule has 0 saturated carbocycles. The Morgan fingerprint density at radius 3 is 2.61 bits per heavy atom. The van der Waals surface area contributed by atoms with Gasteiger partial charge in [0.25, 0.3) is 5.91 Å². The molecule has 2 unspecified atom stereocenters. The zero-order valence-corrected chi connectivity index (χ0v) is 13.6. The zero-order valence-electron chi connectivity index (χ0n) is 12.8. The number of nitrogens with one attached hydrogen (secondary N) is 4. The highest BCUT2D eigenvalue weighted by molar-refractivity contribution is 7.89. The van der Waals surface area contributed by atoms with E-state index in [4.69, 9.17) is 6.42 Å². The number of carbonyl (C=O) groups excluding carboxylic acids is 1. The van der Waals surface area contributed by atoms with Gasteiger partial charge in [-0.15, -0.1) is 6.42 Å². The van der Waals surface area contributed by atoms with Gasteiger partial charge in [-0.1, -0.05) is 12.8 Å². The van der Waals surface area contributed by atoms with Gasteiger partial charge in [0.1, 0.15) is 0 Å². The topological polar surface area (TPSA) is 99.3 Å². The Labute approximate surface area is 136 Å². The third-order valence-corrected chi connectivity index (χ3v) is 4.99. The average molecular weight is 336 g/mol. The number of hydrazine groups is 1. The minimum Gasteiger partial charge on any atom is -0.335 e. The van der Waals surface area contributed by atoms with Crippen LogP contribution in [0.25, 0.3) is 0 Å². The second-order valence-electron chi connectivity index (χ2n) is 5.21. The summed E-state index contributed by atoms with van der Waals surface area (Å²) in [6.45, 7) is 1.99. The normalized spacial score (nSPS) is 20.9. The summed E-state index contributed by atoms with van der Waals surface area (Å²) in [7, 11) is -3.64. The van der Waals surface area contributed by atoms with Crippen molar-refractivity contribution in [3.63, 3.8) is 0 Å². The number of rotatable bonds is 6. The second-order valence-corrected chi connectivity index (χ2v) is 6.98. The van der Waals surface area contributed by atoms with Crippen LogP contribution < -0.4 is 20.9 Å². The summed E-state index contributed by atoms with van der Waals surface area (Å²) in [5.41, 5.74) is 6.50. The number of sulfonamides is 1. The van der Waals surface area contributed by atoms with Crippen molar-refractivity contribution >= 4 is 15.9 Å². The molecular formula is C15H20N4O3S. The summed E-state index contributed by atoms with van der Waals surface area (Å²) in [6, 6.07) is 6.03. The zero-order chi connectivity index (χ0) is 16.9. The molecule has 1 fully saturated rings. The molecule has 8 heteroatoms. The van der Waals surface area contributed by atoms with Crippen molar-refractivity contribution in [1.29, 1.82) is 0 Å². The molecule has 1 amide bonds. The smallest absolute Gasteiger partial charge is 0.252 e. The van der Waals surface area contributed by atoms with E-state index >= 15 is 0 Å². The quantitative estimate of drug-likeness (QED) is 0.545. The summed E-state index contributed by atoms with van der Waals surface area (Å²) < 4.78 is 26.1. The lowest BCUT2D eigenvalue weighted by Crippen LogP contribution is -2.44. The molecule has 0 aromatic heterocycles. The Morgan fingerprint density at radius 1 is 1.35 bits per heavy atom. The number of hydrogen-bond acceptors (Lipinski definition) is 5. The third kappa shape index (κ3) is 4.53. The van der Waals surface area contributed by atoms with Gasteiger partial charge in [0, 0.05) is 11.6 Å². The highest BCUT2D eigenvalue weighted by atomic mass is 32.2. The van der Waals surface area contributed by atoms with E-state index in [9.17, 15) is 13.2 Å². The van der Waals surface area contributed by atoms with E-state index in [-0.39, 0.29) is 23.5 Å². The first-order valence-corrected chi connectivity index (χ1v) is 8.79. The molecule has 1 heterocycles. The first-order chi connectivity index (χ1) is 11.0. The Morgan fingerprint density at radius 2 is 2.04 bits per heavy atom. The highest BCUT2D eigenvalue weighted by Gasteiger charge is 2.24. The molecule has 124 valence electrons. The molecule has 1 aromatic carbocycles. The average Bonchev–Trinajstić information content (AvgIpc) is 3.00. The molecule has 0 radical (unpaired) electrons. The summed E-state index contributed by atoms with van der Waals surface area (Å²) in [5.74, 6) is 1.94. The van der Waals surface area contributed by atoms with Gasteiger partial charge < -0.3 is 5.32 Å². The lowest BCUT2D eigenvalue weighted by Gasteiger charge is -2.12. The van der Waals surface area contributed by atoms with Crippen molar-refractivity contribution in [3.05, 3.63) is 29.8 Å². The molecule has 1 aliphatic heterocycles. The molecule has 2 rings (SSSR count). The summed E-state index contributed by atoms with van der Waals surface area (Å²) in [6.07, 6.45) is 6.65. The van der Waals surface area contributed by atoms with E-state index < -0.39 is 10.0 Å². The van der Waals surface area contributed by atoms with Crippen LogP contribution >= 0.6 is 0 Å². The van der Waals surface area contributed by atoms with Crippen LogP contribution in [0, 0.1) is 12.3 Å². The number of carbonyl (C=O) groups is 1. The van der Waals surface area contributed by atoms with Crippen LogP contribution in [0.5, 0.6) is 0 Å². The van der Waals surface area contributed by atoms with E-state index in [0.29, 0.717) is 11.6 Å². The van der Waals surface area contributed by atoms with Crippen molar-refractivity contribution in [2.24, 2.45) is 0 Å². The van der Waals surface area contributed by atoms with Gasteiger partial charge in [0.15, 0.2) is 0 Å². The fourth-order valence-corrected chi connectivity index (χ4v) is 3.17. The minimum atomic E-state index is -3.64. The van der Waals surface area contributed by atoms with E-state index in [2.05, 4.69) is 33.7 Å². The van der Waals surface area contributed by atoms with Crippen molar-refractivity contribution < 1.29 is 13.2 Å². The van der Waals surface area contributed by atoms with Crippen LogP contribution in [0.3, 0.4) is 0 Å². The second kappa shape index (κ2) is 7.57. The first kappa shape index (κ1) is 17.4. The van der Waals surface area contributed by atoms with E-state index in [1.54, 1.807) is 0 Å². The maximum absolute atomic E-state index is 12.2. The largest absolute Gasteiger partial charge is 0.335 e. The summed E-state index contributed by atoms with van der Waals surface area (Å²) in [4.78, 5) is 12.2. The molecule has 1 saturated heterocycles. The molecule has 1 aromatic rings. The van der Waals surface area contributed by atoms with E-state index in [0.717, 1.165) is 12.8 Å². The molecule has 7 nitrogen and oxygen atoms in total. The van der Waals surface area contributed by atoms with Crippen molar-refractivity contribution in [1.82, 2.24) is 20.9 Å². The van der Waals surface area contributed by atoms with Crippen LogP contribution in [0.4, 0.5) is 0 Å². The van der Waals surface area contributed by atoms with Gasteiger partial charge in [0.2, 0.25) is 10.0 Å². The first-order valence-electron chi connectivity index (χ1n) is 7.31. The molecular weight excluding hydrogens is 316 g/mol. The third-order valence-electron chi connectivity index (χ3n) is 3.57. The predicted octanol–water partition coefficient (Wildman–Crippen LogP) is -0.0695. The predicted molar refractivity (Wildman–Crippen MR) is 86.7 cm³/mol. The number of hydrogen-bond donors (Lipinski definition) is 4. The van der Waals surface area contributed by atoms with Gasteiger partial charge >= 0.3 is 0 Å². The van der Waals surface area contributed by atoms with Crippen molar-refractivity contribution in [2.75, 3.05) is 6.54 Å². The maximum Gasteiger partial charge on any atom is 0.252 e. The SMILES string of the molecule is C#CCNS(=O)(=O)c1ccc(C(=O)NC2CC(CC)NN2)cc1. The standard InChI is InChI=1S/C15H20N4O3S/c1-3-9-16-23(21,22)13-7-5-11(6-8-13)15(20)17-14-10-12(4-2)18-19-14/h1,5-8,12,14,16,18-19H,4,9-10H2,2H3,(H,17,20). The van der Waals surface area contributed by atoms with Crippen molar-refractivity contribution in [2.45, 2.75) is 36.9 Å². The Balaban J connectivity index is 1.99. The van der Waals surface area contributed by atoms with Crippen LogP contribution in [-0.4, -0.2) is 33.1 Å². The van der Waals surface area contributed by atoms with E-state index in [1.165, 1.54) is 24.3 Å². The van der Waals surface area contributed by atoms with Crippen LogP contribution in [0.2, 0.25) is 0 Å². The number of benzene rings is 1. The van der Waals surface area contributed by atoms with Crippen LogP contribution in [-0.2, 0) is 10.0 Å². The molecule has 23 heavy (non-hydrogen) atoms. The van der Waals surface area contributed by atoms with Gasteiger partial charge in [0.05, 0.1) is 17.6 Å². The van der Waals surface area contributed by atoms with Crippen LogP contribution in [0.15, 0.2) is 29.2 Å². The molecule has 2 atom stereocenters. The fraction of sp³-hybridized carbons (Fsp3) is 0.400. The molecule has 0 aliphatic carbocycles. The monoisotopic (exact) mass is 336 g/mol. The summed E-state index contributed by atoms with van der Waals surface area (Å²) in [5, 5.41) is 2.85. The van der Waals surface area contributed by atoms with Crippen LogP contribution in [0.1, 0.15) is 30.1 Å². The molecule has 0 bridgehead atoms. The Bertz CT molecular complexity index is 694. The van der Waals surface area contributed by atoms with E-state index in [1.807, 2.05) is 0 Å². The molecule has 4 N–H and O–H groups in total. The Kier molecular flexibility index (Phi) is 5.74. The fourth-order valence-electron chi connectivity index (χ4n) is 2.23. The van der Waals surface area contributed by atoms with Gasteiger partial charge in [-0.05, 0) is 37.1 Å².